The molecular weight excluding hydrogens is 420 g/mol. The normalized spacial score (nSPS) is 13.6. The fraction of sp³-hybridized carbons (Fsp3) is 0.226. The Hall–Kier alpha value is -3.72. The first kappa shape index (κ1) is 23.4. The zero-order valence-corrected chi connectivity index (χ0v) is 20.7. The van der Waals surface area contributed by atoms with Crippen LogP contribution in [0, 0.1) is 34.6 Å². The SMILES string of the molecule is CCOC(=O)C1=C(c2cccc(C)c2)C(=O)C(c2ccc(C)cc2C)=C1c1ccc(C)cc1C. The van der Waals surface area contributed by atoms with E-state index in [0.717, 1.165) is 44.5 Å². The van der Waals surface area contributed by atoms with Crippen molar-refractivity contribution in [3.8, 4) is 0 Å². The van der Waals surface area contributed by atoms with Gasteiger partial charge in [0.2, 0.25) is 0 Å². The summed E-state index contributed by atoms with van der Waals surface area (Å²) in [5, 5.41) is 0. The molecule has 0 saturated carbocycles. The van der Waals surface area contributed by atoms with E-state index >= 15 is 0 Å². The number of carbonyl (C=O) groups excluding carboxylic acids is 2. The third-order valence-electron chi connectivity index (χ3n) is 6.29. The van der Waals surface area contributed by atoms with Crippen molar-refractivity contribution in [3.63, 3.8) is 0 Å². The molecule has 0 amide bonds. The van der Waals surface area contributed by atoms with E-state index in [1.165, 1.54) is 0 Å². The van der Waals surface area contributed by atoms with Gasteiger partial charge in [0.25, 0.3) is 0 Å². The summed E-state index contributed by atoms with van der Waals surface area (Å²) < 4.78 is 5.52. The first-order valence-electron chi connectivity index (χ1n) is 11.7. The van der Waals surface area contributed by atoms with Crippen LogP contribution in [0.1, 0.15) is 51.4 Å². The molecular formula is C31H30O3. The highest BCUT2D eigenvalue weighted by molar-refractivity contribution is 6.55. The predicted molar refractivity (Wildman–Crippen MR) is 138 cm³/mol. The van der Waals surface area contributed by atoms with Crippen LogP contribution in [-0.2, 0) is 14.3 Å². The summed E-state index contributed by atoms with van der Waals surface area (Å²) in [6, 6.07) is 19.9. The summed E-state index contributed by atoms with van der Waals surface area (Å²) >= 11 is 0. The number of allylic oxidation sites excluding steroid dienone is 2. The van der Waals surface area contributed by atoms with Gasteiger partial charge in [-0.15, -0.1) is 0 Å². The zero-order chi connectivity index (χ0) is 24.6. The van der Waals surface area contributed by atoms with E-state index in [2.05, 4.69) is 12.1 Å². The van der Waals surface area contributed by atoms with Crippen molar-refractivity contribution < 1.29 is 14.3 Å². The third-order valence-corrected chi connectivity index (χ3v) is 6.29. The Morgan fingerprint density at radius 3 is 1.79 bits per heavy atom. The molecule has 3 heteroatoms. The van der Waals surface area contributed by atoms with Gasteiger partial charge in [-0.1, -0.05) is 77.4 Å². The first-order chi connectivity index (χ1) is 16.2. The largest absolute Gasteiger partial charge is 0.462 e. The van der Waals surface area contributed by atoms with Gasteiger partial charge in [0.05, 0.1) is 12.2 Å². The Bertz CT molecular complexity index is 1390. The van der Waals surface area contributed by atoms with Crippen LogP contribution >= 0.6 is 0 Å². The predicted octanol–water partition coefficient (Wildman–Crippen LogP) is 6.74. The second-order valence-electron chi connectivity index (χ2n) is 9.06. The van der Waals surface area contributed by atoms with Gasteiger partial charge in [0.15, 0.2) is 5.78 Å². The molecule has 1 aliphatic rings. The van der Waals surface area contributed by atoms with Crippen LogP contribution in [0.2, 0.25) is 0 Å². The van der Waals surface area contributed by atoms with Gasteiger partial charge in [-0.2, -0.15) is 0 Å². The van der Waals surface area contributed by atoms with Crippen LogP contribution in [-0.4, -0.2) is 18.4 Å². The minimum atomic E-state index is -0.470. The van der Waals surface area contributed by atoms with E-state index in [-0.39, 0.29) is 12.4 Å². The molecule has 4 rings (SSSR count). The summed E-state index contributed by atoms with van der Waals surface area (Å²) in [6.07, 6.45) is 0. The quantitative estimate of drug-likeness (QED) is 0.404. The van der Waals surface area contributed by atoms with E-state index < -0.39 is 5.97 Å². The molecule has 1 aliphatic carbocycles. The minimum absolute atomic E-state index is 0.143. The van der Waals surface area contributed by atoms with Gasteiger partial charge in [0.1, 0.15) is 0 Å². The summed E-state index contributed by atoms with van der Waals surface area (Å²) in [7, 11) is 0. The fourth-order valence-electron chi connectivity index (χ4n) is 4.80. The van der Waals surface area contributed by atoms with Crippen molar-refractivity contribution in [3.05, 3.63) is 111 Å². The molecule has 0 fully saturated rings. The Balaban J connectivity index is 2.12. The molecule has 0 aliphatic heterocycles. The molecule has 3 nitrogen and oxygen atoms in total. The van der Waals surface area contributed by atoms with Crippen LogP contribution in [0.4, 0.5) is 0 Å². The number of ketones is 1. The maximum atomic E-state index is 14.2. The molecule has 3 aromatic rings. The number of hydrogen-bond acceptors (Lipinski definition) is 3. The topological polar surface area (TPSA) is 43.4 Å². The third kappa shape index (κ3) is 4.14. The number of aryl methyl sites for hydroxylation is 5. The van der Waals surface area contributed by atoms with Crippen molar-refractivity contribution in [1.82, 2.24) is 0 Å². The Morgan fingerprint density at radius 1 is 0.706 bits per heavy atom. The first-order valence-corrected chi connectivity index (χ1v) is 11.7. The molecule has 0 heterocycles. The van der Waals surface area contributed by atoms with E-state index in [4.69, 9.17) is 4.74 Å². The monoisotopic (exact) mass is 450 g/mol. The second-order valence-corrected chi connectivity index (χ2v) is 9.06. The number of benzene rings is 3. The Morgan fingerprint density at radius 2 is 1.26 bits per heavy atom. The van der Waals surface area contributed by atoms with Gasteiger partial charge in [-0.25, -0.2) is 4.79 Å². The van der Waals surface area contributed by atoms with Gasteiger partial charge in [0, 0.05) is 16.7 Å². The average molecular weight is 451 g/mol. The van der Waals surface area contributed by atoms with Gasteiger partial charge < -0.3 is 4.74 Å². The lowest BCUT2D eigenvalue weighted by Crippen LogP contribution is -2.11. The average Bonchev–Trinajstić information content (AvgIpc) is 3.07. The van der Waals surface area contributed by atoms with Gasteiger partial charge in [-0.3, -0.25) is 4.79 Å². The van der Waals surface area contributed by atoms with Crippen LogP contribution in [0.15, 0.2) is 66.2 Å². The molecule has 0 atom stereocenters. The smallest absolute Gasteiger partial charge is 0.339 e. The van der Waals surface area contributed by atoms with Crippen molar-refractivity contribution >= 4 is 28.5 Å². The number of ether oxygens (including phenoxy) is 1. The van der Waals surface area contributed by atoms with E-state index in [0.29, 0.717) is 22.3 Å². The molecule has 34 heavy (non-hydrogen) atoms. The molecule has 0 N–H and O–H groups in total. The highest BCUT2D eigenvalue weighted by Gasteiger charge is 2.39. The lowest BCUT2D eigenvalue weighted by molar-refractivity contribution is -0.138. The highest BCUT2D eigenvalue weighted by atomic mass is 16.5. The van der Waals surface area contributed by atoms with Crippen molar-refractivity contribution in [2.24, 2.45) is 0 Å². The Labute approximate surface area is 201 Å². The molecule has 172 valence electrons. The van der Waals surface area contributed by atoms with Gasteiger partial charge >= 0.3 is 5.97 Å². The van der Waals surface area contributed by atoms with Crippen LogP contribution < -0.4 is 0 Å². The van der Waals surface area contributed by atoms with Crippen molar-refractivity contribution in [2.45, 2.75) is 41.5 Å². The van der Waals surface area contributed by atoms with Crippen molar-refractivity contribution in [2.75, 3.05) is 6.61 Å². The fourth-order valence-corrected chi connectivity index (χ4v) is 4.80. The van der Waals surface area contributed by atoms with E-state index in [1.54, 1.807) is 6.92 Å². The number of esters is 1. The molecule has 0 aromatic heterocycles. The second kappa shape index (κ2) is 9.26. The van der Waals surface area contributed by atoms with Gasteiger partial charge in [-0.05, 0) is 69.4 Å². The van der Waals surface area contributed by atoms with Crippen LogP contribution in [0.3, 0.4) is 0 Å². The highest BCUT2D eigenvalue weighted by Crippen LogP contribution is 2.47. The Kier molecular flexibility index (Phi) is 6.39. The molecule has 0 saturated heterocycles. The molecule has 0 radical (unpaired) electrons. The number of Topliss-reactive ketones (excluding diaryl/α,β-unsaturated/α-hetero) is 1. The number of rotatable bonds is 5. The maximum Gasteiger partial charge on any atom is 0.339 e. The minimum Gasteiger partial charge on any atom is -0.462 e. The van der Waals surface area contributed by atoms with Crippen LogP contribution in [0.25, 0.3) is 16.7 Å². The standard InChI is InChI=1S/C31H30O3/c1-7-34-31(33)29-26(23-10-8-9-18(2)17-23)30(32)28(25-14-12-20(4)16-22(25)6)27(29)24-13-11-19(3)15-21(24)5/h8-17H,7H2,1-6H3. The molecule has 3 aromatic carbocycles. The summed E-state index contributed by atoms with van der Waals surface area (Å²) in [5.74, 6) is -0.613. The molecule has 0 unspecified atom stereocenters. The summed E-state index contributed by atoms with van der Waals surface area (Å²) in [6.45, 7) is 12.1. The lowest BCUT2D eigenvalue weighted by Gasteiger charge is -2.16. The van der Waals surface area contributed by atoms with E-state index in [9.17, 15) is 9.59 Å². The molecule has 0 bridgehead atoms. The zero-order valence-electron chi connectivity index (χ0n) is 20.7. The summed E-state index contributed by atoms with van der Waals surface area (Å²) in [4.78, 5) is 27.7. The number of carbonyl (C=O) groups is 2. The van der Waals surface area contributed by atoms with E-state index in [1.807, 2.05) is 83.1 Å². The summed E-state index contributed by atoms with van der Waals surface area (Å²) in [5.41, 5.74) is 9.70. The number of hydrogen-bond donors (Lipinski definition) is 0. The molecule has 0 spiro atoms. The van der Waals surface area contributed by atoms with Crippen LogP contribution in [0.5, 0.6) is 0 Å². The van der Waals surface area contributed by atoms with Crippen molar-refractivity contribution in [1.29, 1.82) is 0 Å². The maximum absolute atomic E-state index is 14.2. The lowest BCUT2D eigenvalue weighted by atomic mass is 9.88.